The molecular weight excluding hydrogens is 614 g/mol. The molecule has 0 spiro atoms. The number of piperazine rings is 1. The molecule has 1 amide bonds. The molecule has 5 rings (SSSR count). The van der Waals surface area contributed by atoms with Crippen LogP contribution in [0.25, 0.3) is 16.6 Å². The first-order chi connectivity index (χ1) is 22.7. The summed E-state index contributed by atoms with van der Waals surface area (Å²) in [6, 6.07) is 20.7. The van der Waals surface area contributed by atoms with Crippen LogP contribution < -0.4 is 15.0 Å². The Kier molecular flexibility index (Phi) is 11.9. The second-order valence-electron chi connectivity index (χ2n) is 12.7. The van der Waals surface area contributed by atoms with Crippen LogP contribution in [0.4, 0.5) is 0 Å². The van der Waals surface area contributed by atoms with Crippen LogP contribution in [0.2, 0.25) is 5.02 Å². The molecule has 1 aliphatic heterocycles. The van der Waals surface area contributed by atoms with Gasteiger partial charge in [0.25, 0.3) is 11.5 Å². The van der Waals surface area contributed by atoms with Crippen LogP contribution in [0.5, 0.6) is 11.5 Å². The maximum atomic E-state index is 14.2. The second kappa shape index (κ2) is 16.3. The Morgan fingerprint density at radius 1 is 0.957 bits per heavy atom. The highest BCUT2D eigenvalue weighted by Gasteiger charge is 2.24. The van der Waals surface area contributed by atoms with E-state index >= 15 is 0 Å². The average molecular weight is 660 g/mol. The minimum absolute atomic E-state index is 0.0297. The first-order valence-electron chi connectivity index (χ1n) is 16.5. The molecule has 0 atom stereocenters. The van der Waals surface area contributed by atoms with Crippen molar-refractivity contribution in [3.05, 3.63) is 93.5 Å². The summed E-state index contributed by atoms with van der Waals surface area (Å²) in [5.74, 6) is 1.86. The summed E-state index contributed by atoms with van der Waals surface area (Å²) in [4.78, 5) is 38.5. The maximum Gasteiger partial charge on any atom is 0.266 e. The van der Waals surface area contributed by atoms with Crippen molar-refractivity contribution in [2.24, 2.45) is 0 Å². The predicted octanol–water partition coefficient (Wildman–Crippen LogP) is 5.82. The third-order valence-electron chi connectivity index (χ3n) is 8.31. The normalized spacial score (nSPS) is 13.9. The third-order valence-corrected chi connectivity index (χ3v) is 8.56. The summed E-state index contributed by atoms with van der Waals surface area (Å²) in [6.07, 6.45) is 4.23. The van der Waals surface area contributed by atoms with Crippen LogP contribution in [0, 0.1) is 0 Å². The van der Waals surface area contributed by atoms with E-state index in [9.17, 15) is 9.59 Å². The van der Waals surface area contributed by atoms with E-state index in [1.54, 1.807) is 28.8 Å². The quantitative estimate of drug-likeness (QED) is 0.158. The van der Waals surface area contributed by atoms with E-state index in [1.807, 2.05) is 49.1 Å². The summed E-state index contributed by atoms with van der Waals surface area (Å²) in [5.41, 5.74) is 2.44. The number of para-hydroxylation sites is 1. The fourth-order valence-corrected chi connectivity index (χ4v) is 5.96. The Balaban J connectivity index is 1.36. The molecule has 0 saturated carbocycles. The van der Waals surface area contributed by atoms with Gasteiger partial charge in [0.1, 0.15) is 17.3 Å². The molecule has 1 aromatic heterocycles. The Labute approximate surface area is 282 Å². The van der Waals surface area contributed by atoms with Gasteiger partial charge in [-0.2, -0.15) is 0 Å². The van der Waals surface area contributed by atoms with Crippen molar-refractivity contribution in [1.29, 1.82) is 0 Å². The van der Waals surface area contributed by atoms with E-state index in [-0.39, 0.29) is 24.2 Å². The minimum Gasteiger partial charge on any atom is -0.489 e. The lowest BCUT2D eigenvalue weighted by Crippen LogP contribution is -2.50. The van der Waals surface area contributed by atoms with Crippen LogP contribution in [0.1, 0.15) is 44.5 Å². The Bertz CT molecular complexity index is 1700. The predicted molar refractivity (Wildman–Crippen MR) is 188 cm³/mol. The number of carbonyl (C=O) groups excluding carboxylic acids is 1. The summed E-state index contributed by atoms with van der Waals surface area (Å²) in [7, 11) is 4.21. The lowest BCUT2D eigenvalue weighted by molar-refractivity contribution is -0.135. The first kappa shape index (κ1) is 34.4. The summed E-state index contributed by atoms with van der Waals surface area (Å²) in [6.45, 7) is 7.91. The van der Waals surface area contributed by atoms with Crippen molar-refractivity contribution in [3.63, 3.8) is 0 Å². The number of rotatable bonds is 14. The van der Waals surface area contributed by atoms with E-state index < -0.39 is 0 Å². The molecule has 9 nitrogen and oxygen atoms in total. The number of halogens is 1. The number of carbonyl (C=O) groups is 1. The molecule has 1 aliphatic rings. The fraction of sp³-hybridized carbons (Fsp3) is 0.432. The molecule has 4 aromatic rings. The van der Waals surface area contributed by atoms with E-state index in [0.29, 0.717) is 66.0 Å². The van der Waals surface area contributed by atoms with Crippen molar-refractivity contribution in [2.75, 3.05) is 53.4 Å². The Hall–Kier alpha value is -3.92. The van der Waals surface area contributed by atoms with Gasteiger partial charge in [0, 0.05) is 31.2 Å². The molecule has 3 aromatic carbocycles. The van der Waals surface area contributed by atoms with E-state index in [0.717, 1.165) is 37.9 Å². The first-order valence-corrected chi connectivity index (χ1v) is 16.9. The summed E-state index contributed by atoms with van der Waals surface area (Å²) < 4.78 is 13.7. The number of hydrogen-bond acceptors (Lipinski definition) is 7. The molecular formula is C37H46ClN5O4. The molecule has 250 valence electrons. The van der Waals surface area contributed by atoms with Gasteiger partial charge in [-0.3, -0.25) is 19.1 Å². The number of fused-ring (bicyclic) bond motifs is 1. The zero-order valence-corrected chi connectivity index (χ0v) is 28.7. The molecule has 0 unspecified atom stereocenters. The average Bonchev–Trinajstić information content (AvgIpc) is 3.05. The molecule has 0 radical (unpaired) electrons. The SMILES string of the molecule is CC(C)Oc1ccc(CCCCCN(C)C)cc1-n1c(CN2CCN(C(=O)COc3ccc(Cl)cc3)CC2)nc2ccccc2c1=O. The number of amides is 1. The number of ether oxygens (including phenoxy) is 2. The van der Waals surface area contributed by atoms with Gasteiger partial charge in [-0.1, -0.05) is 36.2 Å². The van der Waals surface area contributed by atoms with Crippen molar-refractivity contribution in [2.45, 2.75) is 52.2 Å². The largest absolute Gasteiger partial charge is 0.489 e. The van der Waals surface area contributed by atoms with Crippen molar-refractivity contribution >= 4 is 28.4 Å². The number of aryl methyl sites for hydroxylation is 1. The minimum atomic E-state index is -0.115. The van der Waals surface area contributed by atoms with Crippen LogP contribution >= 0.6 is 11.6 Å². The van der Waals surface area contributed by atoms with Crippen LogP contribution in [0.3, 0.4) is 0 Å². The van der Waals surface area contributed by atoms with Crippen molar-refractivity contribution in [3.8, 4) is 17.2 Å². The maximum absolute atomic E-state index is 14.2. The second-order valence-corrected chi connectivity index (χ2v) is 13.1. The zero-order valence-electron chi connectivity index (χ0n) is 28.0. The third kappa shape index (κ3) is 9.34. The molecule has 0 N–H and O–H groups in total. The highest BCUT2D eigenvalue weighted by molar-refractivity contribution is 6.30. The molecule has 47 heavy (non-hydrogen) atoms. The van der Waals surface area contributed by atoms with E-state index in [4.69, 9.17) is 26.1 Å². The lowest BCUT2D eigenvalue weighted by atomic mass is 10.1. The summed E-state index contributed by atoms with van der Waals surface area (Å²) >= 11 is 5.95. The number of benzene rings is 3. The van der Waals surface area contributed by atoms with Gasteiger partial charge < -0.3 is 19.3 Å². The van der Waals surface area contributed by atoms with Gasteiger partial charge in [0.05, 0.1) is 29.2 Å². The fourth-order valence-electron chi connectivity index (χ4n) is 5.84. The van der Waals surface area contributed by atoms with Gasteiger partial charge in [-0.25, -0.2) is 4.98 Å². The zero-order chi connectivity index (χ0) is 33.3. The highest BCUT2D eigenvalue weighted by atomic mass is 35.5. The molecule has 0 aliphatic carbocycles. The standard InChI is InChI=1S/C37H46ClN5O4/c1-27(2)47-34-18-13-28(10-6-5-9-19-40(3)4)24-33(34)43-35(39-32-12-8-7-11-31(32)37(43)45)25-41-20-22-42(23-21-41)36(44)26-46-30-16-14-29(38)15-17-30/h7-8,11-18,24,27H,5-6,9-10,19-23,25-26H2,1-4H3. The van der Waals surface area contributed by atoms with E-state index in [2.05, 4.69) is 36.0 Å². The highest BCUT2D eigenvalue weighted by Crippen LogP contribution is 2.28. The molecule has 1 fully saturated rings. The van der Waals surface area contributed by atoms with E-state index in [1.165, 1.54) is 5.56 Å². The van der Waals surface area contributed by atoms with Crippen molar-refractivity contribution < 1.29 is 14.3 Å². The molecule has 1 saturated heterocycles. The molecule has 0 bridgehead atoms. The Morgan fingerprint density at radius 2 is 1.70 bits per heavy atom. The lowest BCUT2D eigenvalue weighted by Gasteiger charge is -2.34. The van der Waals surface area contributed by atoms with Crippen LogP contribution in [-0.4, -0.2) is 89.7 Å². The number of nitrogens with zero attached hydrogens (tertiary/aromatic N) is 5. The molecule has 2 heterocycles. The number of hydrogen-bond donors (Lipinski definition) is 0. The monoisotopic (exact) mass is 659 g/mol. The van der Waals surface area contributed by atoms with Gasteiger partial charge in [-0.15, -0.1) is 0 Å². The molecule has 10 heteroatoms. The number of aromatic nitrogens is 2. The number of unbranched alkanes of at least 4 members (excludes halogenated alkanes) is 2. The smallest absolute Gasteiger partial charge is 0.266 e. The van der Waals surface area contributed by atoms with Gasteiger partial charge in [0.15, 0.2) is 6.61 Å². The van der Waals surface area contributed by atoms with Crippen LogP contribution in [0.15, 0.2) is 71.5 Å². The van der Waals surface area contributed by atoms with Crippen molar-refractivity contribution in [1.82, 2.24) is 24.3 Å². The topological polar surface area (TPSA) is 80.1 Å². The summed E-state index contributed by atoms with van der Waals surface area (Å²) in [5, 5.41) is 1.19. The van der Waals surface area contributed by atoms with Gasteiger partial charge in [-0.05, 0) is 108 Å². The van der Waals surface area contributed by atoms with Gasteiger partial charge >= 0.3 is 0 Å². The Morgan fingerprint density at radius 3 is 2.43 bits per heavy atom. The van der Waals surface area contributed by atoms with Crippen LogP contribution in [-0.2, 0) is 17.8 Å². The van der Waals surface area contributed by atoms with Gasteiger partial charge in [0.2, 0.25) is 0 Å².